The maximum absolute atomic E-state index is 10.4. The van der Waals surface area contributed by atoms with Gasteiger partial charge in [0.05, 0.1) is 4.92 Å². The molecule has 0 spiro atoms. The molecule has 0 aliphatic rings. The lowest BCUT2D eigenvalue weighted by Crippen LogP contribution is -2.08. The lowest BCUT2D eigenvalue weighted by molar-refractivity contribution is -0.384. The van der Waals surface area contributed by atoms with Crippen molar-refractivity contribution in [3.05, 3.63) is 33.9 Å². The van der Waals surface area contributed by atoms with Gasteiger partial charge in [-0.2, -0.15) is 0 Å². The van der Waals surface area contributed by atoms with Crippen LogP contribution in [0.15, 0.2) is 18.2 Å². The van der Waals surface area contributed by atoms with Gasteiger partial charge in [-0.15, -0.1) is 0 Å². The van der Waals surface area contributed by atoms with Crippen LogP contribution in [0.25, 0.3) is 0 Å². The molecule has 0 heterocycles. The summed E-state index contributed by atoms with van der Waals surface area (Å²) < 4.78 is 0. The lowest BCUT2D eigenvalue weighted by atomic mass is 10.1. The molecule has 1 aromatic rings. The third-order valence-electron chi connectivity index (χ3n) is 1.77. The van der Waals surface area contributed by atoms with E-state index in [0.29, 0.717) is 5.69 Å². The Morgan fingerprint density at radius 1 is 1.54 bits per heavy atom. The smallest absolute Gasteiger partial charge is 0.271 e. The molecule has 5 heteroatoms. The zero-order valence-corrected chi connectivity index (χ0v) is 7.23. The van der Waals surface area contributed by atoms with E-state index in [0.717, 1.165) is 5.56 Å². The van der Waals surface area contributed by atoms with Gasteiger partial charge in [-0.25, -0.2) is 0 Å². The minimum Gasteiger partial charge on any atom is -0.398 e. The Kier molecular flexibility index (Phi) is 2.48. The standard InChI is InChI=1S/C8H11N3O2/c1-5(9)7-3-2-6(11(12)13)4-8(7)10/h2-5H,9-10H2,1H3/t5-/m1/s1. The zero-order valence-electron chi connectivity index (χ0n) is 7.23. The van der Waals surface area contributed by atoms with Gasteiger partial charge in [0.25, 0.3) is 5.69 Å². The summed E-state index contributed by atoms with van der Waals surface area (Å²) in [6, 6.07) is 4.09. The average Bonchev–Trinajstić information content (AvgIpc) is 2.03. The van der Waals surface area contributed by atoms with E-state index < -0.39 is 4.92 Å². The lowest BCUT2D eigenvalue weighted by Gasteiger charge is -2.07. The van der Waals surface area contributed by atoms with Crippen LogP contribution >= 0.6 is 0 Å². The van der Waals surface area contributed by atoms with Crippen molar-refractivity contribution in [1.82, 2.24) is 0 Å². The van der Waals surface area contributed by atoms with E-state index in [1.807, 2.05) is 0 Å². The van der Waals surface area contributed by atoms with Crippen LogP contribution < -0.4 is 11.5 Å². The molecule has 0 unspecified atom stereocenters. The molecule has 0 saturated carbocycles. The van der Waals surface area contributed by atoms with Gasteiger partial charge in [0, 0.05) is 23.9 Å². The number of hydrogen-bond acceptors (Lipinski definition) is 4. The monoisotopic (exact) mass is 181 g/mol. The summed E-state index contributed by atoms with van der Waals surface area (Å²) in [5.41, 5.74) is 12.2. The Bertz CT molecular complexity index is 336. The van der Waals surface area contributed by atoms with Crippen molar-refractivity contribution < 1.29 is 4.92 Å². The van der Waals surface area contributed by atoms with Crippen LogP contribution in [0.1, 0.15) is 18.5 Å². The maximum atomic E-state index is 10.4. The highest BCUT2D eigenvalue weighted by molar-refractivity contribution is 5.54. The Morgan fingerprint density at radius 2 is 2.15 bits per heavy atom. The normalized spacial score (nSPS) is 12.5. The fraction of sp³-hybridized carbons (Fsp3) is 0.250. The molecule has 0 aromatic heterocycles. The number of hydrogen-bond donors (Lipinski definition) is 2. The molecule has 0 aliphatic carbocycles. The van der Waals surface area contributed by atoms with E-state index in [9.17, 15) is 10.1 Å². The SMILES string of the molecule is C[C@@H](N)c1ccc([N+](=O)[O-])cc1N. The van der Waals surface area contributed by atoms with E-state index in [4.69, 9.17) is 11.5 Å². The summed E-state index contributed by atoms with van der Waals surface area (Å²) in [6.07, 6.45) is 0. The molecule has 70 valence electrons. The van der Waals surface area contributed by atoms with Gasteiger partial charge in [0.2, 0.25) is 0 Å². The van der Waals surface area contributed by atoms with E-state index in [1.165, 1.54) is 12.1 Å². The molecule has 4 N–H and O–H groups in total. The molecule has 0 radical (unpaired) electrons. The molecular weight excluding hydrogens is 170 g/mol. The zero-order chi connectivity index (χ0) is 10.0. The van der Waals surface area contributed by atoms with Crippen LogP contribution in [0.2, 0.25) is 0 Å². The minimum atomic E-state index is -0.485. The van der Waals surface area contributed by atoms with Crippen LogP contribution in [0.5, 0.6) is 0 Å². The summed E-state index contributed by atoms with van der Waals surface area (Å²) in [4.78, 5) is 9.87. The first-order chi connectivity index (χ1) is 6.02. The number of nitrogens with zero attached hydrogens (tertiary/aromatic N) is 1. The molecule has 0 bridgehead atoms. The number of non-ortho nitro benzene ring substituents is 1. The molecule has 0 saturated heterocycles. The van der Waals surface area contributed by atoms with E-state index in [1.54, 1.807) is 13.0 Å². The molecule has 0 aliphatic heterocycles. The summed E-state index contributed by atoms with van der Waals surface area (Å²) in [7, 11) is 0. The molecule has 5 nitrogen and oxygen atoms in total. The van der Waals surface area contributed by atoms with Gasteiger partial charge in [-0.05, 0) is 18.6 Å². The topological polar surface area (TPSA) is 95.2 Å². The molecular formula is C8H11N3O2. The van der Waals surface area contributed by atoms with E-state index >= 15 is 0 Å². The first kappa shape index (κ1) is 9.47. The Morgan fingerprint density at radius 3 is 2.54 bits per heavy atom. The number of anilines is 1. The quantitative estimate of drug-likeness (QED) is 0.407. The predicted molar refractivity (Wildman–Crippen MR) is 50.1 cm³/mol. The van der Waals surface area contributed by atoms with Crippen LogP contribution in [-0.2, 0) is 0 Å². The highest BCUT2D eigenvalue weighted by Gasteiger charge is 2.10. The summed E-state index contributed by atoms with van der Waals surface area (Å²) in [6.45, 7) is 1.78. The van der Waals surface area contributed by atoms with Crippen molar-refractivity contribution in [2.45, 2.75) is 13.0 Å². The van der Waals surface area contributed by atoms with Crippen molar-refractivity contribution in [1.29, 1.82) is 0 Å². The van der Waals surface area contributed by atoms with Gasteiger partial charge in [0.1, 0.15) is 0 Å². The van der Waals surface area contributed by atoms with E-state index in [-0.39, 0.29) is 11.7 Å². The average molecular weight is 181 g/mol. The van der Waals surface area contributed by atoms with Crippen LogP contribution in [0.4, 0.5) is 11.4 Å². The Balaban J connectivity index is 3.13. The minimum absolute atomic E-state index is 0.0121. The molecule has 0 amide bonds. The number of rotatable bonds is 2. The number of benzene rings is 1. The number of nitro benzene ring substituents is 1. The molecule has 1 rings (SSSR count). The maximum Gasteiger partial charge on any atom is 0.271 e. The first-order valence-corrected chi connectivity index (χ1v) is 3.81. The van der Waals surface area contributed by atoms with Crippen molar-refractivity contribution in [3.8, 4) is 0 Å². The molecule has 13 heavy (non-hydrogen) atoms. The van der Waals surface area contributed by atoms with Crippen LogP contribution in [0, 0.1) is 10.1 Å². The molecule has 1 aromatic carbocycles. The summed E-state index contributed by atoms with van der Waals surface area (Å²) in [5.74, 6) is 0. The van der Waals surface area contributed by atoms with Crippen LogP contribution in [0.3, 0.4) is 0 Å². The van der Waals surface area contributed by atoms with Gasteiger partial charge < -0.3 is 11.5 Å². The van der Waals surface area contributed by atoms with E-state index in [2.05, 4.69) is 0 Å². The first-order valence-electron chi connectivity index (χ1n) is 3.81. The van der Waals surface area contributed by atoms with Gasteiger partial charge in [-0.3, -0.25) is 10.1 Å². The van der Waals surface area contributed by atoms with Crippen molar-refractivity contribution in [2.24, 2.45) is 5.73 Å². The fourth-order valence-corrected chi connectivity index (χ4v) is 1.09. The Labute approximate surface area is 75.5 Å². The largest absolute Gasteiger partial charge is 0.398 e. The number of nitrogen functional groups attached to an aromatic ring is 1. The predicted octanol–water partition coefficient (Wildman–Crippen LogP) is 1.20. The van der Waals surface area contributed by atoms with Gasteiger partial charge in [0.15, 0.2) is 0 Å². The van der Waals surface area contributed by atoms with Crippen molar-refractivity contribution >= 4 is 11.4 Å². The number of nitro groups is 1. The summed E-state index contributed by atoms with van der Waals surface area (Å²) >= 11 is 0. The van der Waals surface area contributed by atoms with Crippen molar-refractivity contribution in [3.63, 3.8) is 0 Å². The molecule has 0 fully saturated rings. The summed E-state index contributed by atoms with van der Waals surface area (Å²) in [5, 5.41) is 10.4. The second kappa shape index (κ2) is 3.40. The van der Waals surface area contributed by atoms with Gasteiger partial charge in [-0.1, -0.05) is 0 Å². The fourth-order valence-electron chi connectivity index (χ4n) is 1.09. The highest BCUT2D eigenvalue weighted by atomic mass is 16.6. The van der Waals surface area contributed by atoms with Crippen molar-refractivity contribution in [2.75, 3.05) is 5.73 Å². The molecule has 1 atom stereocenters. The van der Waals surface area contributed by atoms with Gasteiger partial charge >= 0.3 is 0 Å². The third-order valence-corrected chi connectivity index (χ3v) is 1.77. The Hall–Kier alpha value is -1.62. The highest BCUT2D eigenvalue weighted by Crippen LogP contribution is 2.23. The second-order valence-electron chi connectivity index (χ2n) is 2.86. The van der Waals surface area contributed by atoms with Crippen LogP contribution in [-0.4, -0.2) is 4.92 Å². The second-order valence-corrected chi connectivity index (χ2v) is 2.86. The number of nitrogens with two attached hydrogens (primary N) is 2. The third kappa shape index (κ3) is 1.94.